The van der Waals surface area contributed by atoms with Crippen LogP contribution in [0.2, 0.25) is 0 Å². The number of nitrogens with one attached hydrogen (secondary N) is 3. The topological polar surface area (TPSA) is 66.0 Å². The molecule has 2 aromatic rings. The van der Waals surface area contributed by atoms with Gasteiger partial charge in [0.1, 0.15) is 11.6 Å². The van der Waals surface area contributed by atoms with Gasteiger partial charge in [-0.15, -0.1) is 0 Å². The highest BCUT2D eigenvalue weighted by atomic mass is 19.4. The number of hydrogen-bond donors (Lipinski definition) is 3. The molecule has 0 spiro atoms. The molecule has 0 saturated heterocycles. The molecule has 1 heterocycles. The highest BCUT2D eigenvalue weighted by molar-refractivity contribution is 5.89. The lowest BCUT2D eigenvalue weighted by atomic mass is 10.2. The van der Waals surface area contributed by atoms with Crippen molar-refractivity contribution in [3.8, 4) is 0 Å². The van der Waals surface area contributed by atoms with Crippen molar-refractivity contribution in [2.45, 2.75) is 25.3 Å². The monoisotopic (exact) mass is 424 g/mol. The lowest BCUT2D eigenvalue weighted by molar-refractivity contribution is -0.140. The van der Waals surface area contributed by atoms with Crippen molar-refractivity contribution in [2.24, 2.45) is 0 Å². The number of benzene rings is 1. The van der Waals surface area contributed by atoms with Crippen molar-refractivity contribution in [1.29, 1.82) is 0 Å². The van der Waals surface area contributed by atoms with Crippen LogP contribution < -0.4 is 16.0 Å². The van der Waals surface area contributed by atoms with Gasteiger partial charge in [-0.3, -0.25) is 0 Å². The van der Waals surface area contributed by atoms with E-state index < -0.39 is 47.2 Å². The maximum atomic E-state index is 13.5. The second-order valence-corrected chi connectivity index (χ2v) is 5.97. The number of urea groups is 1. The minimum absolute atomic E-state index is 0.130. The molecule has 1 aromatic heterocycles. The standard InChI is InChI=1S/C17H15F7N4O/c1-9(8-26-14-12(17(22,23)24)3-2-6-25-14)27-15(29)28-10-4-5-11(13(18)7-10)16(19,20)21/h2-7,9H,8H2,1H3,(H,25,26)(H2,27,28,29)/t9-/m1/s1. The number of pyridine rings is 1. The average Bonchev–Trinajstić information content (AvgIpc) is 2.58. The predicted molar refractivity (Wildman–Crippen MR) is 90.7 cm³/mol. The lowest BCUT2D eigenvalue weighted by Crippen LogP contribution is -2.40. The van der Waals surface area contributed by atoms with E-state index in [0.29, 0.717) is 12.1 Å². The molecular formula is C17H15F7N4O. The fourth-order valence-electron chi connectivity index (χ4n) is 2.29. The zero-order valence-electron chi connectivity index (χ0n) is 14.7. The lowest BCUT2D eigenvalue weighted by Gasteiger charge is -2.18. The van der Waals surface area contributed by atoms with Crippen LogP contribution in [-0.4, -0.2) is 23.6 Å². The molecular weight excluding hydrogens is 409 g/mol. The summed E-state index contributed by atoms with van der Waals surface area (Å²) < 4.78 is 89.8. The zero-order chi connectivity index (χ0) is 21.8. The molecule has 5 nitrogen and oxygen atoms in total. The van der Waals surface area contributed by atoms with Crippen molar-refractivity contribution in [1.82, 2.24) is 10.3 Å². The second-order valence-electron chi connectivity index (χ2n) is 5.97. The summed E-state index contributed by atoms with van der Waals surface area (Å²) in [5.74, 6) is -1.97. The molecule has 0 radical (unpaired) electrons. The van der Waals surface area contributed by atoms with Gasteiger partial charge in [0.25, 0.3) is 0 Å². The van der Waals surface area contributed by atoms with Crippen molar-refractivity contribution in [3.63, 3.8) is 0 Å². The summed E-state index contributed by atoms with van der Waals surface area (Å²) in [7, 11) is 0. The van der Waals surface area contributed by atoms with E-state index in [1.807, 2.05) is 0 Å². The molecule has 2 amide bonds. The molecule has 0 aliphatic rings. The molecule has 0 saturated carbocycles. The third kappa shape index (κ3) is 6.22. The van der Waals surface area contributed by atoms with E-state index >= 15 is 0 Å². The molecule has 0 fully saturated rings. The van der Waals surface area contributed by atoms with Crippen molar-refractivity contribution in [2.75, 3.05) is 17.2 Å². The number of alkyl halides is 6. The summed E-state index contributed by atoms with van der Waals surface area (Å²) in [6.45, 7) is 1.34. The van der Waals surface area contributed by atoms with Crippen LogP contribution in [0, 0.1) is 5.82 Å². The number of carbonyl (C=O) groups is 1. The molecule has 1 atom stereocenters. The van der Waals surface area contributed by atoms with Crippen molar-refractivity contribution in [3.05, 3.63) is 53.5 Å². The smallest absolute Gasteiger partial charge is 0.368 e. The Morgan fingerprint density at radius 1 is 1.07 bits per heavy atom. The molecule has 3 N–H and O–H groups in total. The van der Waals surface area contributed by atoms with E-state index in [0.717, 1.165) is 18.2 Å². The van der Waals surface area contributed by atoms with Gasteiger partial charge in [0, 0.05) is 24.5 Å². The van der Waals surface area contributed by atoms with Gasteiger partial charge in [-0.2, -0.15) is 26.3 Å². The Bertz CT molecular complexity index is 868. The number of rotatable bonds is 5. The molecule has 0 aliphatic heterocycles. The van der Waals surface area contributed by atoms with Crippen LogP contribution in [0.3, 0.4) is 0 Å². The number of nitrogens with zero attached hydrogens (tertiary/aromatic N) is 1. The summed E-state index contributed by atoms with van der Waals surface area (Å²) in [6.07, 6.45) is -8.31. The van der Waals surface area contributed by atoms with E-state index in [-0.39, 0.29) is 12.2 Å². The van der Waals surface area contributed by atoms with Gasteiger partial charge >= 0.3 is 18.4 Å². The molecule has 0 unspecified atom stereocenters. The summed E-state index contributed by atoms with van der Waals surface area (Å²) in [4.78, 5) is 15.5. The summed E-state index contributed by atoms with van der Waals surface area (Å²) in [5, 5.41) is 6.96. The molecule has 0 bridgehead atoms. The van der Waals surface area contributed by atoms with Crippen LogP contribution in [0.25, 0.3) is 0 Å². The first kappa shape index (κ1) is 22.2. The summed E-state index contributed by atoms with van der Waals surface area (Å²) in [6, 6.07) is 2.27. The fourth-order valence-corrected chi connectivity index (χ4v) is 2.29. The van der Waals surface area contributed by atoms with Gasteiger partial charge in [0.2, 0.25) is 0 Å². The number of hydrogen-bond acceptors (Lipinski definition) is 3. The van der Waals surface area contributed by atoms with Crippen LogP contribution in [0.1, 0.15) is 18.1 Å². The van der Waals surface area contributed by atoms with E-state index in [1.54, 1.807) is 0 Å². The summed E-state index contributed by atoms with van der Waals surface area (Å²) >= 11 is 0. The van der Waals surface area contributed by atoms with Crippen LogP contribution in [0.15, 0.2) is 36.5 Å². The van der Waals surface area contributed by atoms with Crippen molar-refractivity contribution < 1.29 is 35.5 Å². The minimum atomic E-state index is -4.87. The highest BCUT2D eigenvalue weighted by Crippen LogP contribution is 2.33. The molecule has 0 aliphatic carbocycles. The van der Waals surface area contributed by atoms with Crippen LogP contribution in [0.4, 0.5) is 47.0 Å². The first-order chi connectivity index (χ1) is 13.4. The Morgan fingerprint density at radius 3 is 2.31 bits per heavy atom. The van der Waals surface area contributed by atoms with Gasteiger partial charge in [-0.05, 0) is 37.3 Å². The Morgan fingerprint density at radius 2 is 1.72 bits per heavy atom. The quantitative estimate of drug-likeness (QED) is 0.600. The molecule has 12 heteroatoms. The van der Waals surface area contributed by atoms with Gasteiger partial charge in [-0.25, -0.2) is 14.2 Å². The first-order valence-corrected chi connectivity index (χ1v) is 8.08. The molecule has 158 valence electrons. The second kappa shape index (κ2) is 8.53. The Balaban J connectivity index is 1.93. The molecule has 29 heavy (non-hydrogen) atoms. The molecule has 2 rings (SSSR count). The third-order valence-electron chi connectivity index (χ3n) is 3.60. The van der Waals surface area contributed by atoms with E-state index in [4.69, 9.17) is 0 Å². The SMILES string of the molecule is C[C@H](CNc1ncccc1C(F)(F)F)NC(=O)Nc1ccc(C(F)(F)F)c(F)c1. The van der Waals surface area contributed by atoms with Gasteiger partial charge in [0.15, 0.2) is 0 Å². The Hall–Kier alpha value is -3.05. The number of amides is 2. The number of aromatic nitrogens is 1. The maximum Gasteiger partial charge on any atom is 0.419 e. The van der Waals surface area contributed by atoms with E-state index in [2.05, 4.69) is 20.9 Å². The highest BCUT2D eigenvalue weighted by Gasteiger charge is 2.35. The van der Waals surface area contributed by atoms with Crippen LogP contribution >= 0.6 is 0 Å². The van der Waals surface area contributed by atoms with Crippen LogP contribution in [-0.2, 0) is 12.4 Å². The van der Waals surface area contributed by atoms with Gasteiger partial charge in [-0.1, -0.05) is 0 Å². The maximum absolute atomic E-state index is 13.5. The average molecular weight is 424 g/mol. The number of halogens is 7. The van der Waals surface area contributed by atoms with Crippen molar-refractivity contribution >= 4 is 17.5 Å². The normalized spacial score (nSPS) is 13.0. The Kier molecular flexibility index (Phi) is 6.55. The largest absolute Gasteiger partial charge is 0.419 e. The number of anilines is 2. The molecule has 1 aromatic carbocycles. The van der Waals surface area contributed by atoms with Gasteiger partial charge in [0.05, 0.1) is 11.1 Å². The van der Waals surface area contributed by atoms with Crippen LogP contribution in [0.5, 0.6) is 0 Å². The predicted octanol–water partition coefficient (Wildman–Crippen LogP) is 4.88. The fraction of sp³-hybridized carbons (Fsp3) is 0.294. The minimum Gasteiger partial charge on any atom is -0.368 e. The van der Waals surface area contributed by atoms with Gasteiger partial charge < -0.3 is 16.0 Å². The third-order valence-corrected chi connectivity index (χ3v) is 3.60. The zero-order valence-corrected chi connectivity index (χ0v) is 14.7. The van der Waals surface area contributed by atoms with E-state index in [1.165, 1.54) is 13.1 Å². The first-order valence-electron chi connectivity index (χ1n) is 8.08. The summed E-state index contributed by atoms with van der Waals surface area (Å²) in [5.41, 5.74) is -2.68. The number of carbonyl (C=O) groups excluding carboxylic acids is 1. The van der Waals surface area contributed by atoms with E-state index in [9.17, 15) is 35.5 Å². The Labute approximate surface area is 160 Å².